The van der Waals surface area contributed by atoms with Gasteiger partial charge in [0.05, 0.1) is 38.6 Å². The van der Waals surface area contributed by atoms with Crippen molar-refractivity contribution in [3.8, 4) is 11.5 Å². The van der Waals surface area contributed by atoms with E-state index in [4.69, 9.17) is 20.2 Å². The Kier molecular flexibility index (Phi) is 9.34. The van der Waals surface area contributed by atoms with Crippen LogP contribution in [-0.2, 0) is 11.2 Å². The number of rotatable bonds is 13. The van der Waals surface area contributed by atoms with Crippen molar-refractivity contribution >= 4 is 28.9 Å². The number of carbonyl (C=O) groups excluding carboxylic acids is 1. The highest BCUT2D eigenvalue weighted by atomic mass is 19.1. The van der Waals surface area contributed by atoms with Gasteiger partial charge in [-0.2, -0.15) is 5.10 Å². The number of aliphatic imine (C=N–C) groups is 1. The number of nitrogens with one attached hydrogen (secondary N) is 3. The van der Waals surface area contributed by atoms with Crippen molar-refractivity contribution in [2.45, 2.75) is 32.3 Å². The summed E-state index contributed by atoms with van der Waals surface area (Å²) in [4.78, 5) is 17.9. The molecular formula is C27H34FN7O4. The first kappa shape index (κ1) is 27.9. The molecule has 1 aliphatic heterocycles. The fourth-order valence-corrected chi connectivity index (χ4v) is 4.11. The summed E-state index contributed by atoms with van der Waals surface area (Å²) in [5, 5.41) is 23.2. The molecule has 0 aliphatic carbocycles. The molecule has 1 unspecified atom stereocenters. The van der Waals surface area contributed by atoms with Crippen LogP contribution in [0.5, 0.6) is 11.5 Å². The van der Waals surface area contributed by atoms with Crippen molar-refractivity contribution in [3.63, 3.8) is 0 Å². The number of aliphatic hydroxyl groups is 1. The zero-order valence-corrected chi connectivity index (χ0v) is 22.0. The molecule has 208 valence electrons. The molecule has 1 amide bonds. The molecule has 12 heteroatoms. The number of aromatic nitrogens is 2. The fraction of sp³-hybridized carbons (Fsp3) is 0.370. The van der Waals surface area contributed by atoms with Gasteiger partial charge in [-0.25, -0.2) is 9.38 Å². The zero-order valence-electron chi connectivity index (χ0n) is 22.0. The maximum atomic E-state index is 14.1. The molecule has 0 radical (unpaired) electrons. The standard InChI is InChI=1S/C27H34FN7O4/c1-3-20(36)15-30-8-5-9-39-24-14-22-21(13-23(24)38-2)27(32-26-12-18(33-34-26)11-25(29)37)35(16-31-22)19-7-4-6-17(28)10-19/h4,6-7,10,12-14,20,30-31,36H,3,5,8-9,11,15-16H2,1-2H3,(H2,29,37)(H,33,34). The number of hydrogen-bond acceptors (Lipinski definition) is 8. The molecule has 1 atom stereocenters. The van der Waals surface area contributed by atoms with Gasteiger partial charge in [0.2, 0.25) is 5.91 Å². The Hall–Kier alpha value is -4.16. The molecule has 2 heterocycles. The summed E-state index contributed by atoms with van der Waals surface area (Å²) in [6, 6.07) is 11.5. The van der Waals surface area contributed by atoms with E-state index in [0.29, 0.717) is 72.9 Å². The van der Waals surface area contributed by atoms with Gasteiger partial charge in [-0.1, -0.05) is 13.0 Å². The molecule has 0 bridgehead atoms. The Morgan fingerprint density at radius 3 is 2.90 bits per heavy atom. The predicted octanol–water partition coefficient (Wildman–Crippen LogP) is 2.68. The minimum atomic E-state index is -0.488. The molecule has 4 rings (SSSR count). The Bertz CT molecular complexity index is 1310. The topological polar surface area (TPSA) is 150 Å². The van der Waals surface area contributed by atoms with Gasteiger partial charge in [-0.05, 0) is 43.7 Å². The number of aromatic amines is 1. The maximum Gasteiger partial charge on any atom is 0.223 e. The first-order chi connectivity index (χ1) is 18.9. The third kappa shape index (κ3) is 7.24. The van der Waals surface area contributed by atoms with Gasteiger partial charge in [0.15, 0.2) is 17.3 Å². The van der Waals surface area contributed by atoms with E-state index < -0.39 is 5.91 Å². The number of carbonyl (C=O) groups is 1. The third-order valence-electron chi connectivity index (χ3n) is 6.16. The lowest BCUT2D eigenvalue weighted by molar-refractivity contribution is -0.117. The summed E-state index contributed by atoms with van der Waals surface area (Å²) in [6.07, 6.45) is 1.11. The monoisotopic (exact) mass is 539 g/mol. The number of methoxy groups -OCH3 is 1. The Morgan fingerprint density at radius 1 is 1.31 bits per heavy atom. The van der Waals surface area contributed by atoms with Gasteiger partial charge < -0.3 is 35.8 Å². The number of halogens is 1. The molecule has 0 saturated carbocycles. The number of aliphatic hydroxyl groups excluding tert-OH is 1. The summed E-state index contributed by atoms with van der Waals surface area (Å²) in [7, 11) is 1.56. The normalized spacial score (nSPS) is 14.6. The summed E-state index contributed by atoms with van der Waals surface area (Å²) < 4.78 is 25.8. The van der Waals surface area contributed by atoms with E-state index >= 15 is 0 Å². The first-order valence-corrected chi connectivity index (χ1v) is 12.8. The van der Waals surface area contributed by atoms with E-state index in [1.165, 1.54) is 12.1 Å². The Balaban J connectivity index is 1.61. The summed E-state index contributed by atoms with van der Waals surface area (Å²) in [5.41, 5.74) is 7.89. The molecule has 0 fully saturated rings. The van der Waals surface area contributed by atoms with Crippen LogP contribution in [0.1, 0.15) is 31.0 Å². The molecule has 11 nitrogen and oxygen atoms in total. The van der Waals surface area contributed by atoms with Gasteiger partial charge in [-0.3, -0.25) is 9.89 Å². The maximum absolute atomic E-state index is 14.1. The van der Waals surface area contributed by atoms with Crippen molar-refractivity contribution in [2.75, 3.05) is 43.7 Å². The minimum Gasteiger partial charge on any atom is -0.493 e. The number of H-pyrrole nitrogens is 1. The predicted molar refractivity (Wildman–Crippen MR) is 147 cm³/mol. The van der Waals surface area contributed by atoms with Crippen LogP contribution >= 0.6 is 0 Å². The SMILES string of the molecule is CCC(O)CNCCCOc1cc2c(cc1OC)C(=Nc1cc(CC(N)=O)[nH]n1)N(c1cccc(F)c1)CN2. The van der Waals surface area contributed by atoms with E-state index in [1.54, 1.807) is 25.3 Å². The largest absolute Gasteiger partial charge is 0.493 e. The average molecular weight is 540 g/mol. The van der Waals surface area contributed by atoms with Crippen molar-refractivity contribution in [1.29, 1.82) is 0 Å². The summed E-state index contributed by atoms with van der Waals surface area (Å²) >= 11 is 0. The molecule has 1 aliphatic rings. The van der Waals surface area contributed by atoms with Crippen molar-refractivity contribution in [3.05, 3.63) is 59.5 Å². The highest BCUT2D eigenvalue weighted by molar-refractivity contribution is 6.16. The van der Waals surface area contributed by atoms with Crippen LogP contribution in [-0.4, -0.2) is 66.6 Å². The van der Waals surface area contributed by atoms with Crippen LogP contribution < -0.4 is 30.7 Å². The smallest absolute Gasteiger partial charge is 0.223 e. The molecule has 39 heavy (non-hydrogen) atoms. The number of ether oxygens (including phenoxy) is 2. The average Bonchev–Trinajstić information content (AvgIpc) is 3.36. The first-order valence-electron chi connectivity index (χ1n) is 12.8. The fourth-order valence-electron chi connectivity index (χ4n) is 4.11. The molecule has 3 aromatic rings. The number of benzene rings is 2. The molecule has 0 spiro atoms. The lowest BCUT2D eigenvalue weighted by Crippen LogP contribution is -2.40. The van der Waals surface area contributed by atoms with E-state index in [1.807, 2.05) is 24.0 Å². The summed E-state index contributed by atoms with van der Waals surface area (Å²) in [5.74, 6) is 1.07. The van der Waals surface area contributed by atoms with Crippen molar-refractivity contribution in [2.24, 2.45) is 10.7 Å². The second-order valence-corrected chi connectivity index (χ2v) is 9.09. The number of amides is 1. The van der Waals surface area contributed by atoms with Gasteiger partial charge in [0.25, 0.3) is 0 Å². The molecular weight excluding hydrogens is 505 g/mol. The van der Waals surface area contributed by atoms with E-state index in [9.17, 15) is 14.3 Å². The van der Waals surface area contributed by atoms with Crippen LogP contribution in [0.25, 0.3) is 0 Å². The lowest BCUT2D eigenvalue weighted by atomic mass is 10.1. The minimum absolute atomic E-state index is 0.00678. The number of nitrogens with two attached hydrogens (primary N) is 1. The Morgan fingerprint density at radius 2 is 2.15 bits per heavy atom. The quantitative estimate of drug-likeness (QED) is 0.208. The number of nitrogens with zero attached hydrogens (tertiary/aromatic N) is 3. The van der Waals surface area contributed by atoms with Crippen molar-refractivity contribution < 1.29 is 23.8 Å². The van der Waals surface area contributed by atoms with Gasteiger partial charge in [-0.15, -0.1) is 0 Å². The number of fused-ring (bicyclic) bond motifs is 1. The highest BCUT2D eigenvalue weighted by Gasteiger charge is 2.27. The molecule has 2 aromatic carbocycles. The lowest BCUT2D eigenvalue weighted by Gasteiger charge is -2.33. The number of primary amides is 1. The third-order valence-corrected chi connectivity index (χ3v) is 6.16. The van der Waals surface area contributed by atoms with Crippen LogP contribution in [0.15, 0.2) is 47.5 Å². The van der Waals surface area contributed by atoms with E-state index in [-0.39, 0.29) is 18.3 Å². The van der Waals surface area contributed by atoms with Gasteiger partial charge >= 0.3 is 0 Å². The van der Waals surface area contributed by atoms with Crippen molar-refractivity contribution in [1.82, 2.24) is 15.5 Å². The number of anilines is 2. The second-order valence-electron chi connectivity index (χ2n) is 9.09. The molecule has 1 aromatic heterocycles. The second kappa shape index (κ2) is 13.1. The van der Waals surface area contributed by atoms with E-state index in [0.717, 1.165) is 12.1 Å². The number of amidine groups is 1. The number of hydrogen-bond donors (Lipinski definition) is 5. The Labute approximate surface area is 226 Å². The van der Waals surface area contributed by atoms with E-state index in [2.05, 4.69) is 20.8 Å². The molecule has 0 saturated heterocycles. The van der Waals surface area contributed by atoms with Crippen LogP contribution in [0.3, 0.4) is 0 Å². The van der Waals surface area contributed by atoms with Crippen LogP contribution in [0.2, 0.25) is 0 Å². The van der Waals surface area contributed by atoms with Gasteiger partial charge in [0, 0.05) is 35.6 Å². The zero-order chi connectivity index (χ0) is 27.8. The van der Waals surface area contributed by atoms with Gasteiger partial charge in [0.1, 0.15) is 11.7 Å². The van der Waals surface area contributed by atoms with Crippen LogP contribution in [0, 0.1) is 5.82 Å². The summed E-state index contributed by atoms with van der Waals surface area (Å²) in [6.45, 7) is 3.96. The highest BCUT2D eigenvalue weighted by Crippen LogP contribution is 2.38. The molecule has 6 N–H and O–H groups in total. The van der Waals surface area contributed by atoms with Crippen LogP contribution in [0.4, 0.5) is 21.6 Å².